The first kappa shape index (κ1) is 11.6. The predicted molar refractivity (Wildman–Crippen MR) is 65.7 cm³/mol. The van der Waals surface area contributed by atoms with Crippen LogP contribution >= 0.6 is 0 Å². The van der Waals surface area contributed by atoms with Crippen LogP contribution in [0.5, 0.6) is 0 Å². The molecule has 0 aromatic carbocycles. The predicted octanol–water partition coefficient (Wildman–Crippen LogP) is 1.74. The van der Waals surface area contributed by atoms with Gasteiger partial charge in [0.1, 0.15) is 0 Å². The Bertz CT molecular complexity index is 348. The molecule has 3 heteroatoms. The van der Waals surface area contributed by atoms with Crippen LogP contribution in [0.1, 0.15) is 20.8 Å². The number of aliphatic imine (C=N–C) groups is 1. The molecular weight excluding hydrogens is 186 g/mol. The van der Waals surface area contributed by atoms with E-state index in [0.29, 0.717) is 5.96 Å². The van der Waals surface area contributed by atoms with Gasteiger partial charge in [-0.25, -0.2) is 4.99 Å². The Hall–Kier alpha value is -1.51. The van der Waals surface area contributed by atoms with Gasteiger partial charge in [-0.1, -0.05) is 24.3 Å². The zero-order chi connectivity index (χ0) is 11.4. The molecule has 1 aliphatic heterocycles. The highest BCUT2D eigenvalue weighted by Gasteiger charge is 2.18. The first-order valence-corrected chi connectivity index (χ1v) is 5.12. The van der Waals surface area contributed by atoms with Crippen LogP contribution in [0.3, 0.4) is 0 Å². The second-order valence-electron chi connectivity index (χ2n) is 3.80. The summed E-state index contributed by atoms with van der Waals surface area (Å²) in [4.78, 5) is 4.27. The molecule has 15 heavy (non-hydrogen) atoms. The van der Waals surface area contributed by atoms with Gasteiger partial charge in [0.15, 0.2) is 5.96 Å². The summed E-state index contributed by atoms with van der Waals surface area (Å²) in [6.45, 7) is 11.0. The van der Waals surface area contributed by atoms with Gasteiger partial charge in [-0.3, -0.25) is 0 Å². The summed E-state index contributed by atoms with van der Waals surface area (Å²) in [5.74, 6) is 0.511. The summed E-state index contributed by atoms with van der Waals surface area (Å²) in [6.07, 6.45) is 4.19. The normalized spacial score (nSPS) is 22.3. The Kier molecular flexibility index (Phi) is 3.72. The van der Waals surface area contributed by atoms with Gasteiger partial charge in [0.05, 0.1) is 6.04 Å². The molecule has 0 saturated heterocycles. The van der Waals surface area contributed by atoms with Gasteiger partial charge in [-0.15, -0.1) is 0 Å². The fourth-order valence-corrected chi connectivity index (χ4v) is 1.44. The highest BCUT2D eigenvalue weighted by molar-refractivity contribution is 5.80. The molecule has 0 aromatic rings. The molecule has 0 aliphatic carbocycles. The van der Waals surface area contributed by atoms with Crippen molar-refractivity contribution in [3.05, 3.63) is 35.5 Å². The first-order valence-electron chi connectivity index (χ1n) is 5.12. The van der Waals surface area contributed by atoms with Crippen LogP contribution < -0.4 is 11.1 Å². The fourth-order valence-electron chi connectivity index (χ4n) is 1.44. The number of guanidine groups is 1. The van der Waals surface area contributed by atoms with Crippen LogP contribution in [0.4, 0.5) is 0 Å². The average Bonchev–Trinajstić information content (AvgIpc) is 2.63. The van der Waals surface area contributed by atoms with Crippen molar-refractivity contribution in [2.24, 2.45) is 10.7 Å². The molecule has 0 radical (unpaired) electrons. The van der Waals surface area contributed by atoms with Crippen molar-refractivity contribution in [1.29, 1.82) is 0 Å². The van der Waals surface area contributed by atoms with Crippen LogP contribution in [-0.2, 0) is 0 Å². The molecule has 0 fully saturated rings. The Balaban J connectivity index is 2.73. The summed E-state index contributed by atoms with van der Waals surface area (Å²) in [5, 5.41) is 3.00. The van der Waals surface area contributed by atoms with Crippen molar-refractivity contribution < 1.29 is 0 Å². The summed E-state index contributed by atoms with van der Waals surface area (Å²) in [7, 11) is 0. The van der Waals surface area contributed by atoms with E-state index in [1.54, 1.807) is 0 Å². The van der Waals surface area contributed by atoms with Crippen LogP contribution in [0.25, 0.3) is 0 Å². The summed E-state index contributed by atoms with van der Waals surface area (Å²) < 4.78 is 0. The number of rotatable bonds is 3. The van der Waals surface area contributed by atoms with E-state index in [1.165, 1.54) is 5.57 Å². The van der Waals surface area contributed by atoms with E-state index in [0.717, 1.165) is 17.7 Å². The van der Waals surface area contributed by atoms with Gasteiger partial charge in [0.2, 0.25) is 0 Å². The second kappa shape index (κ2) is 4.82. The van der Waals surface area contributed by atoms with Crippen molar-refractivity contribution >= 4 is 5.96 Å². The van der Waals surface area contributed by atoms with Gasteiger partial charge in [-0.05, 0) is 31.9 Å². The molecule has 82 valence electrons. The highest BCUT2D eigenvalue weighted by atomic mass is 15.2. The van der Waals surface area contributed by atoms with Crippen LogP contribution in [0.15, 0.2) is 40.4 Å². The molecule has 3 N–H and O–H groups in total. The third-order valence-corrected chi connectivity index (χ3v) is 2.58. The maximum Gasteiger partial charge on any atom is 0.189 e. The van der Waals surface area contributed by atoms with Gasteiger partial charge >= 0.3 is 0 Å². The lowest BCUT2D eigenvalue weighted by molar-refractivity contribution is 0.797. The smallest absolute Gasteiger partial charge is 0.189 e. The minimum absolute atomic E-state index is 0.0888. The molecule has 0 spiro atoms. The molecular formula is C12H19N3. The molecule has 3 nitrogen and oxygen atoms in total. The monoisotopic (exact) mass is 205 g/mol. The zero-order valence-corrected chi connectivity index (χ0v) is 9.67. The van der Waals surface area contributed by atoms with E-state index in [4.69, 9.17) is 5.73 Å². The summed E-state index contributed by atoms with van der Waals surface area (Å²) in [6, 6.07) is 0.0888. The Morgan fingerprint density at radius 3 is 2.73 bits per heavy atom. The number of hydrogen-bond acceptors (Lipinski definition) is 3. The molecule has 0 saturated carbocycles. The maximum atomic E-state index is 5.56. The van der Waals surface area contributed by atoms with Crippen molar-refractivity contribution in [2.75, 3.05) is 6.54 Å². The van der Waals surface area contributed by atoms with E-state index >= 15 is 0 Å². The average molecular weight is 205 g/mol. The summed E-state index contributed by atoms with van der Waals surface area (Å²) in [5.41, 5.74) is 8.98. The lowest BCUT2D eigenvalue weighted by Crippen LogP contribution is -2.27. The lowest BCUT2D eigenvalue weighted by atomic mass is 10.0. The minimum Gasteiger partial charge on any atom is -0.370 e. The molecule has 1 aliphatic rings. The molecule has 1 heterocycles. The molecule has 1 atom stereocenters. The zero-order valence-electron chi connectivity index (χ0n) is 9.67. The van der Waals surface area contributed by atoms with Crippen LogP contribution in [0, 0.1) is 0 Å². The topological polar surface area (TPSA) is 50.4 Å². The van der Waals surface area contributed by atoms with Crippen molar-refractivity contribution in [3.8, 4) is 0 Å². The summed E-state index contributed by atoms with van der Waals surface area (Å²) >= 11 is 0. The number of allylic oxidation sites excluding steroid dienone is 3. The molecule has 0 unspecified atom stereocenters. The number of nitrogens with one attached hydrogen (secondary N) is 1. The lowest BCUT2D eigenvalue weighted by Gasteiger charge is -2.10. The first-order chi connectivity index (χ1) is 7.04. The largest absolute Gasteiger partial charge is 0.370 e. The molecule has 1 rings (SSSR count). The molecule has 0 amide bonds. The number of hydrogen-bond donors (Lipinski definition) is 2. The van der Waals surface area contributed by atoms with Crippen LogP contribution in [0.2, 0.25) is 0 Å². The van der Waals surface area contributed by atoms with Crippen molar-refractivity contribution in [1.82, 2.24) is 5.32 Å². The third-order valence-electron chi connectivity index (χ3n) is 2.58. The Morgan fingerprint density at radius 2 is 2.27 bits per heavy atom. The quantitative estimate of drug-likeness (QED) is 0.689. The maximum absolute atomic E-state index is 5.56. The van der Waals surface area contributed by atoms with Crippen molar-refractivity contribution in [3.63, 3.8) is 0 Å². The second-order valence-corrected chi connectivity index (χ2v) is 3.80. The van der Waals surface area contributed by atoms with E-state index in [9.17, 15) is 0 Å². The van der Waals surface area contributed by atoms with Gasteiger partial charge in [-0.2, -0.15) is 0 Å². The minimum atomic E-state index is 0.0888. The van der Waals surface area contributed by atoms with Gasteiger partial charge in [0.25, 0.3) is 0 Å². The Labute approximate surface area is 91.5 Å². The highest BCUT2D eigenvalue weighted by Crippen LogP contribution is 2.17. The molecule has 0 aromatic heterocycles. The van der Waals surface area contributed by atoms with Gasteiger partial charge < -0.3 is 11.1 Å². The SMILES string of the molecule is C=C(/C(C)=C\C(C)=C/C)[C@@H]1CNC(N)=N1. The molecule has 0 bridgehead atoms. The fraction of sp³-hybridized carbons (Fsp3) is 0.417. The van der Waals surface area contributed by atoms with E-state index in [-0.39, 0.29) is 6.04 Å². The standard InChI is InChI=1S/C12H19N3/c1-5-8(2)6-9(3)10(4)11-7-14-12(13)15-11/h5-6,11H,4,7H2,1-3H3,(H3,13,14,15)/b8-5-,9-6-/t11-/m0/s1. The van der Waals surface area contributed by atoms with E-state index in [2.05, 4.69) is 42.9 Å². The number of nitrogens with zero attached hydrogens (tertiary/aromatic N) is 1. The van der Waals surface area contributed by atoms with Crippen molar-refractivity contribution in [2.45, 2.75) is 26.8 Å². The van der Waals surface area contributed by atoms with Gasteiger partial charge in [0, 0.05) is 6.54 Å². The number of nitrogens with two attached hydrogens (primary N) is 1. The third kappa shape index (κ3) is 2.98. The Morgan fingerprint density at radius 1 is 1.60 bits per heavy atom. The van der Waals surface area contributed by atoms with E-state index in [1.807, 2.05) is 6.92 Å². The van der Waals surface area contributed by atoms with Crippen LogP contribution in [-0.4, -0.2) is 18.5 Å². The van der Waals surface area contributed by atoms with E-state index < -0.39 is 0 Å².